The number of carbonyl (C=O) groups excluding carboxylic acids is 1. The van der Waals surface area contributed by atoms with Crippen molar-refractivity contribution < 1.29 is 14.6 Å². The number of amides is 1. The van der Waals surface area contributed by atoms with Crippen LogP contribution in [-0.2, 0) is 9.53 Å². The molecule has 0 bridgehead atoms. The number of nitrogens with one attached hydrogen (secondary N) is 1. The molecule has 0 aromatic rings. The van der Waals surface area contributed by atoms with Crippen LogP contribution < -0.4 is 5.32 Å². The molecule has 2 aliphatic rings. The molecule has 2 N–H and O–H groups in total. The number of hydrogen-bond donors (Lipinski definition) is 2. The second-order valence-corrected chi connectivity index (χ2v) is 5.03. The summed E-state index contributed by atoms with van der Waals surface area (Å²) in [5, 5.41) is 12.4. The van der Waals surface area contributed by atoms with Gasteiger partial charge in [0.25, 0.3) is 0 Å². The quantitative estimate of drug-likeness (QED) is 0.715. The molecule has 2 heterocycles. The van der Waals surface area contributed by atoms with Crippen LogP contribution in [0.5, 0.6) is 0 Å². The Labute approximate surface area is 102 Å². The molecule has 1 amide bonds. The van der Waals surface area contributed by atoms with Crippen LogP contribution >= 0.6 is 0 Å². The Kier molecular flexibility index (Phi) is 4.36. The van der Waals surface area contributed by atoms with E-state index in [2.05, 4.69) is 5.32 Å². The highest BCUT2D eigenvalue weighted by Gasteiger charge is 2.30. The zero-order valence-corrected chi connectivity index (χ0v) is 10.4. The van der Waals surface area contributed by atoms with Crippen LogP contribution in [0.4, 0.5) is 0 Å². The minimum Gasteiger partial charge on any atom is -0.394 e. The minimum absolute atomic E-state index is 0.0157. The molecule has 17 heavy (non-hydrogen) atoms. The van der Waals surface area contributed by atoms with Crippen LogP contribution in [0, 0.1) is 0 Å². The minimum atomic E-state index is -0.216. The summed E-state index contributed by atoms with van der Waals surface area (Å²) >= 11 is 0. The molecular formula is C12H22N2O3. The van der Waals surface area contributed by atoms with Crippen LogP contribution in [0.15, 0.2) is 0 Å². The normalized spacial score (nSPS) is 34.0. The van der Waals surface area contributed by atoms with Gasteiger partial charge in [-0.15, -0.1) is 0 Å². The smallest absolute Gasteiger partial charge is 0.224 e. The van der Waals surface area contributed by atoms with Gasteiger partial charge in [-0.05, 0) is 26.3 Å². The standard InChI is InChI=1S/C12H22N2O3/c1-9-8-17-11(7-15)6-14(9)12(16)5-10-3-2-4-13-10/h9-11,13,15H,2-8H2,1H3. The number of aliphatic hydroxyl groups excluding tert-OH is 1. The number of aliphatic hydroxyl groups is 1. The third kappa shape index (κ3) is 3.18. The topological polar surface area (TPSA) is 61.8 Å². The van der Waals surface area contributed by atoms with Crippen molar-refractivity contribution in [2.24, 2.45) is 0 Å². The van der Waals surface area contributed by atoms with E-state index < -0.39 is 0 Å². The van der Waals surface area contributed by atoms with Crippen molar-refractivity contribution in [1.29, 1.82) is 0 Å². The van der Waals surface area contributed by atoms with Gasteiger partial charge in [-0.25, -0.2) is 0 Å². The molecule has 5 nitrogen and oxygen atoms in total. The summed E-state index contributed by atoms with van der Waals surface area (Å²) in [5.74, 6) is 0.179. The van der Waals surface area contributed by atoms with Gasteiger partial charge in [-0.3, -0.25) is 4.79 Å². The molecule has 98 valence electrons. The Morgan fingerprint density at radius 3 is 3.06 bits per heavy atom. The summed E-state index contributed by atoms with van der Waals surface area (Å²) in [5.41, 5.74) is 0. The lowest BCUT2D eigenvalue weighted by Crippen LogP contribution is -2.52. The number of rotatable bonds is 3. The molecule has 5 heteroatoms. The van der Waals surface area contributed by atoms with Crippen LogP contribution in [0.1, 0.15) is 26.2 Å². The molecule has 3 unspecified atom stereocenters. The van der Waals surface area contributed by atoms with E-state index in [1.807, 2.05) is 11.8 Å². The second-order valence-electron chi connectivity index (χ2n) is 5.03. The van der Waals surface area contributed by atoms with Crippen molar-refractivity contribution in [2.75, 3.05) is 26.3 Å². The lowest BCUT2D eigenvalue weighted by molar-refractivity contribution is -0.146. The van der Waals surface area contributed by atoms with Crippen molar-refractivity contribution in [2.45, 2.75) is 44.4 Å². The predicted octanol–water partition coefficient (Wildman–Crippen LogP) is -0.263. The van der Waals surface area contributed by atoms with E-state index in [0.717, 1.165) is 19.4 Å². The maximum absolute atomic E-state index is 12.2. The molecule has 0 saturated carbocycles. The molecular weight excluding hydrogens is 220 g/mol. The maximum Gasteiger partial charge on any atom is 0.224 e. The Hall–Kier alpha value is -0.650. The Bertz CT molecular complexity index is 266. The van der Waals surface area contributed by atoms with E-state index in [-0.39, 0.29) is 24.7 Å². The lowest BCUT2D eigenvalue weighted by Gasteiger charge is -2.38. The van der Waals surface area contributed by atoms with Crippen molar-refractivity contribution in [3.05, 3.63) is 0 Å². The highest BCUT2D eigenvalue weighted by molar-refractivity contribution is 5.77. The average molecular weight is 242 g/mol. The highest BCUT2D eigenvalue weighted by atomic mass is 16.5. The third-order valence-electron chi connectivity index (χ3n) is 3.61. The first-order chi connectivity index (χ1) is 8.20. The molecule has 0 spiro atoms. The first-order valence-corrected chi connectivity index (χ1v) is 6.46. The van der Waals surface area contributed by atoms with Crippen LogP contribution in [-0.4, -0.2) is 60.4 Å². The Balaban J connectivity index is 1.87. The molecule has 3 atom stereocenters. The first-order valence-electron chi connectivity index (χ1n) is 6.46. The molecule has 2 saturated heterocycles. The zero-order chi connectivity index (χ0) is 12.3. The molecule has 2 fully saturated rings. The van der Waals surface area contributed by atoms with Gasteiger partial charge >= 0.3 is 0 Å². The van der Waals surface area contributed by atoms with Crippen LogP contribution in [0.25, 0.3) is 0 Å². The summed E-state index contributed by atoms with van der Waals surface area (Å²) in [7, 11) is 0. The van der Waals surface area contributed by atoms with Crippen molar-refractivity contribution >= 4 is 5.91 Å². The number of hydrogen-bond acceptors (Lipinski definition) is 4. The van der Waals surface area contributed by atoms with Gasteiger partial charge in [0.05, 0.1) is 25.4 Å². The molecule has 2 aliphatic heterocycles. The van der Waals surface area contributed by atoms with E-state index in [1.54, 1.807) is 0 Å². The molecule has 2 rings (SSSR count). The van der Waals surface area contributed by atoms with Crippen molar-refractivity contribution in [3.8, 4) is 0 Å². The molecule has 0 aliphatic carbocycles. The van der Waals surface area contributed by atoms with Gasteiger partial charge in [0, 0.05) is 19.0 Å². The van der Waals surface area contributed by atoms with Gasteiger partial charge in [0.2, 0.25) is 5.91 Å². The van der Waals surface area contributed by atoms with Gasteiger partial charge in [0.1, 0.15) is 0 Å². The monoisotopic (exact) mass is 242 g/mol. The summed E-state index contributed by atoms with van der Waals surface area (Å²) < 4.78 is 5.43. The first kappa shape index (κ1) is 12.8. The number of nitrogens with zero attached hydrogens (tertiary/aromatic N) is 1. The van der Waals surface area contributed by atoms with E-state index in [9.17, 15) is 4.79 Å². The number of morpholine rings is 1. The van der Waals surface area contributed by atoms with E-state index in [1.165, 1.54) is 0 Å². The van der Waals surface area contributed by atoms with E-state index in [0.29, 0.717) is 25.6 Å². The van der Waals surface area contributed by atoms with Gasteiger partial charge < -0.3 is 20.1 Å². The SMILES string of the molecule is CC1COC(CO)CN1C(=O)CC1CCCN1. The molecule has 0 aromatic carbocycles. The third-order valence-corrected chi connectivity index (χ3v) is 3.61. The van der Waals surface area contributed by atoms with Gasteiger partial charge in [-0.1, -0.05) is 0 Å². The summed E-state index contributed by atoms with van der Waals surface area (Å²) in [6.07, 6.45) is 2.61. The van der Waals surface area contributed by atoms with Crippen molar-refractivity contribution in [1.82, 2.24) is 10.2 Å². The number of ether oxygens (including phenoxy) is 1. The van der Waals surface area contributed by atoms with Crippen LogP contribution in [0.3, 0.4) is 0 Å². The van der Waals surface area contributed by atoms with E-state index in [4.69, 9.17) is 9.84 Å². The Morgan fingerprint density at radius 2 is 2.41 bits per heavy atom. The van der Waals surface area contributed by atoms with Crippen LogP contribution in [0.2, 0.25) is 0 Å². The summed E-state index contributed by atoms with van der Waals surface area (Å²) in [6.45, 7) is 4.04. The molecule has 0 aromatic heterocycles. The second kappa shape index (κ2) is 5.80. The fourth-order valence-corrected chi connectivity index (χ4v) is 2.53. The fourth-order valence-electron chi connectivity index (χ4n) is 2.53. The predicted molar refractivity (Wildman–Crippen MR) is 63.6 cm³/mol. The van der Waals surface area contributed by atoms with Gasteiger partial charge in [0.15, 0.2) is 0 Å². The van der Waals surface area contributed by atoms with Crippen molar-refractivity contribution in [3.63, 3.8) is 0 Å². The molecule has 0 radical (unpaired) electrons. The van der Waals surface area contributed by atoms with Gasteiger partial charge in [-0.2, -0.15) is 0 Å². The zero-order valence-electron chi connectivity index (χ0n) is 10.4. The number of carbonyl (C=O) groups is 1. The summed E-state index contributed by atoms with van der Waals surface area (Å²) in [6, 6.07) is 0.455. The highest BCUT2D eigenvalue weighted by Crippen LogP contribution is 2.16. The average Bonchev–Trinajstić information content (AvgIpc) is 2.82. The lowest BCUT2D eigenvalue weighted by atomic mass is 10.1. The maximum atomic E-state index is 12.2. The fraction of sp³-hybridized carbons (Fsp3) is 0.917. The largest absolute Gasteiger partial charge is 0.394 e. The van der Waals surface area contributed by atoms with E-state index >= 15 is 0 Å². The Morgan fingerprint density at radius 1 is 1.59 bits per heavy atom. The summed E-state index contributed by atoms with van der Waals surface area (Å²) in [4.78, 5) is 14.0.